The lowest BCUT2D eigenvalue weighted by atomic mass is 9.76. The molecule has 1 aromatic rings. The topological polar surface area (TPSA) is 74.6 Å². The van der Waals surface area contributed by atoms with Crippen LogP contribution in [-0.2, 0) is 9.59 Å². The molecule has 1 aromatic carbocycles. The Bertz CT molecular complexity index is 628. The van der Waals surface area contributed by atoms with Gasteiger partial charge in [-0.15, -0.1) is 0 Å². The van der Waals surface area contributed by atoms with Crippen LogP contribution in [0.2, 0.25) is 0 Å². The summed E-state index contributed by atoms with van der Waals surface area (Å²) in [6.07, 6.45) is 2.84. The third-order valence-electron chi connectivity index (χ3n) is 3.39. The second-order valence-corrected chi connectivity index (χ2v) is 4.94. The zero-order chi connectivity index (χ0) is 14.9. The number of rotatable bonds is 3. The second kappa shape index (κ2) is 4.92. The Balaban J connectivity index is 2.50. The zero-order valence-corrected chi connectivity index (χ0v) is 10.8. The van der Waals surface area contributed by atoms with Crippen LogP contribution < -0.4 is 0 Å². The van der Waals surface area contributed by atoms with Gasteiger partial charge in [0.2, 0.25) is 0 Å². The minimum absolute atomic E-state index is 0.0176. The van der Waals surface area contributed by atoms with Gasteiger partial charge in [0.15, 0.2) is 0 Å². The van der Waals surface area contributed by atoms with E-state index in [1.807, 2.05) is 0 Å². The van der Waals surface area contributed by atoms with Crippen molar-refractivity contribution < 1.29 is 24.2 Å². The van der Waals surface area contributed by atoms with Gasteiger partial charge >= 0.3 is 11.9 Å². The number of halogens is 1. The number of hydrogen-bond donors (Lipinski definition) is 2. The monoisotopic (exact) mass is 276 g/mol. The number of hydrogen-bond acceptors (Lipinski definition) is 2. The molecule has 0 radical (unpaired) electrons. The predicted molar refractivity (Wildman–Crippen MR) is 70.5 cm³/mol. The maximum absolute atomic E-state index is 12.9. The Labute approximate surface area is 114 Å². The van der Waals surface area contributed by atoms with E-state index in [0.29, 0.717) is 11.1 Å². The lowest BCUT2D eigenvalue weighted by Crippen LogP contribution is -2.29. The van der Waals surface area contributed by atoms with Gasteiger partial charge in [-0.05, 0) is 36.6 Å². The molecule has 0 saturated heterocycles. The fourth-order valence-corrected chi connectivity index (χ4v) is 2.13. The molecular weight excluding hydrogens is 263 g/mol. The fraction of sp³-hybridized carbons (Fsp3) is 0.200. The standard InChI is InChI=1S/C15H13FO4/c1-15(14(19)20)7-6-11(12(8-15)13(17)18)9-2-4-10(16)5-3-9/h2-7H,8H2,1H3,(H,17,18)(H,19,20). The summed E-state index contributed by atoms with van der Waals surface area (Å²) in [6.45, 7) is 1.47. The summed E-state index contributed by atoms with van der Waals surface area (Å²) in [5, 5.41) is 18.5. The molecule has 2 rings (SSSR count). The van der Waals surface area contributed by atoms with Gasteiger partial charge in [0, 0.05) is 5.57 Å². The SMILES string of the molecule is CC1(C(=O)O)C=CC(c2ccc(F)cc2)=C(C(=O)O)C1. The highest BCUT2D eigenvalue weighted by Gasteiger charge is 2.36. The number of benzene rings is 1. The van der Waals surface area contributed by atoms with Gasteiger partial charge in [0.25, 0.3) is 0 Å². The average Bonchev–Trinajstić information content (AvgIpc) is 2.39. The molecule has 2 N–H and O–H groups in total. The van der Waals surface area contributed by atoms with Crippen LogP contribution in [0.5, 0.6) is 0 Å². The molecule has 0 bridgehead atoms. The molecule has 0 heterocycles. The molecular formula is C15H13FO4. The molecule has 5 heteroatoms. The molecule has 4 nitrogen and oxygen atoms in total. The minimum Gasteiger partial charge on any atom is -0.481 e. The third kappa shape index (κ3) is 2.47. The Morgan fingerprint density at radius 3 is 2.30 bits per heavy atom. The Morgan fingerprint density at radius 1 is 1.20 bits per heavy atom. The van der Waals surface area contributed by atoms with E-state index in [9.17, 15) is 24.2 Å². The van der Waals surface area contributed by atoms with Gasteiger partial charge < -0.3 is 10.2 Å². The van der Waals surface area contributed by atoms with Crippen molar-refractivity contribution in [3.8, 4) is 0 Å². The van der Waals surface area contributed by atoms with Gasteiger partial charge in [-0.1, -0.05) is 24.3 Å². The van der Waals surface area contributed by atoms with E-state index in [-0.39, 0.29) is 12.0 Å². The number of carbonyl (C=O) groups is 2. The Kier molecular flexibility index (Phi) is 3.44. The van der Waals surface area contributed by atoms with Gasteiger partial charge in [-0.25, -0.2) is 9.18 Å². The van der Waals surface area contributed by atoms with Gasteiger partial charge in [0.1, 0.15) is 5.82 Å². The lowest BCUT2D eigenvalue weighted by Gasteiger charge is -2.26. The molecule has 1 aliphatic carbocycles. The summed E-state index contributed by atoms with van der Waals surface area (Å²) < 4.78 is 12.9. The molecule has 0 spiro atoms. The maximum Gasteiger partial charge on any atom is 0.332 e. The van der Waals surface area contributed by atoms with Crippen molar-refractivity contribution in [1.82, 2.24) is 0 Å². The summed E-state index contributed by atoms with van der Waals surface area (Å²) in [6, 6.07) is 5.42. The smallest absolute Gasteiger partial charge is 0.332 e. The van der Waals surface area contributed by atoms with Gasteiger partial charge in [0.05, 0.1) is 5.41 Å². The predicted octanol–water partition coefficient (Wildman–Crippen LogP) is 2.71. The number of allylic oxidation sites excluding steroid dienone is 2. The van der Waals surface area contributed by atoms with Crippen LogP contribution in [0.3, 0.4) is 0 Å². The van der Waals surface area contributed by atoms with Crippen molar-refractivity contribution >= 4 is 17.5 Å². The van der Waals surface area contributed by atoms with Crippen LogP contribution in [0.1, 0.15) is 18.9 Å². The molecule has 20 heavy (non-hydrogen) atoms. The van der Waals surface area contributed by atoms with Crippen LogP contribution in [0, 0.1) is 11.2 Å². The first-order valence-corrected chi connectivity index (χ1v) is 5.98. The number of aliphatic carboxylic acids is 2. The van der Waals surface area contributed by atoms with E-state index in [4.69, 9.17) is 0 Å². The molecule has 0 aliphatic heterocycles. The van der Waals surface area contributed by atoms with E-state index in [1.54, 1.807) is 0 Å². The molecule has 1 aliphatic rings. The summed E-state index contributed by atoms with van der Waals surface area (Å²) in [4.78, 5) is 22.6. The van der Waals surface area contributed by atoms with Gasteiger partial charge in [-0.3, -0.25) is 4.79 Å². The van der Waals surface area contributed by atoms with Crippen LogP contribution in [0.25, 0.3) is 5.57 Å². The average molecular weight is 276 g/mol. The number of carboxylic acid groups (broad SMARTS) is 2. The molecule has 1 unspecified atom stereocenters. The van der Waals surface area contributed by atoms with E-state index in [2.05, 4.69) is 0 Å². The minimum atomic E-state index is -1.24. The van der Waals surface area contributed by atoms with Crippen molar-refractivity contribution in [2.45, 2.75) is 13.3 Å². The van der Waals surface area contributed by atoms with E-state index in [0.717, 1.165) is 0 Å². The first-order chi connectivity index (χ1) is 9.33. The van der Waals surface area contributed by atoms with E-state index in [1.165, 1.54) is 43.3 Å². The Morgan fingerprint density at radius 2 is 1.80 bits per heavy atom. The van der Waals surface area contributed by atoms with E-state index >= 15 is 0 Å². The van der Waals surface area contributed by atoms with Gasteiger partial charge in [-0.2, -0.15) is 0 Å². The Hall–Kier alpha value is -2.43. The molecule has 104 valence electrons. The molecule has 0 aromatic heterocycles. The quantitative estimate of drug-likeness (QED) is 0.890. The summed E-state index contributed by atoms with van der Waals surface area (Å²) in [5.41, 5.74) is -0.259. The van der Waals surface area contributed by atoms with Crippen LogP contribution >= 0.6 is 0 Å². The highest BCUT2D eigenvalue weighted by molar-refractivity contribution is 6.01. The fourth-order valence-electron chi connectivity index (χ4n) is 2.13. The highest BCUT2D eigenvalue weighted by Crippen LogP contribution is 2.38. The highest BCUT2D eigenvalue weighted by atomic mass is 19.1. The summed E-state index contributed by atoms with van der Waals surface area (Å²) >= 11 is 0. The van der Waals surface area contributed by atoms with Crippen molar-refractivity contribution in [2.24, 2.45) is 5.41 Å². The summed E-state index contributed by atoms with van der Waals surface area (Å²) in [5.74, 6) is -2.66. The second-order valence-electron chi connectivity index (χ2n) is 4.94. The molecule has 0 saturated carbocycles. The van der Waals surface area contributed by atoms with Crippen molar-refractivity contribution in [3.63, 3.8) is 0 Å². The van der Waals surface area contributed by atoms with Crippen molar-refractivity contribution in [2.75, 3.05) is 0 Å². The van der Waals surface area contributed by atoms with Crippen LogP contribution in [-0.4, -0.2) is 22.2 Å². The first-order valence-electron chi connectivity index (χ1n) is 5.98. The zero-order valence-electron chi connectivity index (χ0n) is 10.8. The lowest BCUT2D eigenvalue weighted by molar-refractivity contribution is -0.145. The first kappa shape index (κ1) is 14.0. The molecule has 0 fully saturated rings. The molecule has 1 atom stereocenters. The molecule has 0 amide bonds. The number of carboxylic acids is 2. The maximum atomic E-state index is 12.9. The van der Waals surface area contributed by atoms with Crippen molar-refractivity contribution in [1.29, 1.82) is 0 Å². The summed E-state index contributed by atoms with van der Waals surface area (Å²) in [7, 11) is 0. The largest absolute Gasteiger partial charge is 0.481 e. The van der Waals surface area contributed by atoms with Crippen LogP contribution in [0.4, 0.5) is 4.39 Å². The third-order valence-corrected chi connectivity index (χ3v) is 3.39. The van der Waals surface area contributed by atoms with E-state index < -0.39 is 23.2 Å². The normalized spacial score (nSPS) is 21.9. The van der Waals surface area contributed by atoms with Crippen LogP contribution in [0.15, 0.2) is 42.0 Å². The van der Waals surface area contributed by atoms with Crippen molar-refractivity contribution in [3.05, 3.63) is 53.4 Å².